The van der Waals surface area contributed by atoms with Crippen molar-refractivity contribution in [3.8, 4) is 5.75 Å². The second kappa shape index (κ2) is 13.2. The first-order chi connectivity index (χ1) is 20.2. The molecule has 8 nitrogen and oxygen atoms in total. The molecule has 1 aliphatic carbocycles. The lowest BCUT2D eigenvalue weighted by molar-refractivity contribution is 0.178. The molecule has 42 heavy (non-hydrogen) atoms. The Hall–Kier alpha value is -2.88. The lowest BCUT2D eigenvalue weighted by atomic mass is 9.82. The molecule has 0 unspecified atom stereocenters. The third-order valence-electron chi connectivity index (χ3n) is 8.75. The normalized spacial score (nSPS) is 16.8. The lowest BCUT2D eigenvalue weighted by Gasteiger charge is -2.35. The van der Waals surface area contributed by atoms with Crippen LogP contribution in [0.3, 0.4) is 0 Å². The summed E-state index contributed by atoms with van der Waals surface area (Å²) in [6.07, 6.45) is 9.42. The Morgan fingerprint density at radius 1 is 1.07 bits per heavy atom. The highest BCUT2D eigenvalue weighted by molar-refractivity contribution is 7.92. The van der Waals surface area contributed by atoms with Gasteiger partial charge in [-0.3, -0.25) is 0 Å². The minimum Gasteiger partial charge on any atom is -0.495 e. The van der Waals surface area contributed by atoms with Gasteiger partial charge in [0.2, 0.25) is 5.95 Å². The number of piperidine rings is 1. The molecule has 3 aromatic rings. The number of benzene rings is 2. The molecule has 226 valence electrons. The number of anilines is 4. The number of likely N-dealkylation sites (tertiary alicyclic amines) is 1. The summed E-state index contributed by atoms with van der Waals surface area (Å²) < 4.78 is 31.7. The summed E-state index contributed by atoms with van der Waals surface area (Å²) in [4.78, 5) is 11.8. The third-order valence-corrected chi connectivity index (χ3v) is 11.2. The third kappa shape index (κ3) is 6.84. The Bertz CT molecular complexity index is 1500. The number of hydrogen-bond acceptors (Lipinski definition) is 8. The summed E-state index contributed by atoms with van der Waals surface area (Å²) >= 11 is 6.43. The Morgan fingerprint density at radius 2 is 1.81 bits per heavy atom. The molecule has 0 spiro atoms. The molecule has 2 aromatic carbocycles. The molecule has 1 aromatic heterocycles. The van der Waals surface area contributed by atoms with E-state index in [0.29, 0.717) is 23.4 Å². The molecule has 0 atom stereocenters. The van der Waals surface area contributed by atoms with Crippen LogP contribution in [0.5, 0.6) is 5.75 Å². The molecule has 10 heteroatoms. The second-order valence-electron chi connectivity index (χ2n) is 11.8. The molecule has 0 bridgehead atoms. The summed E-state index contributed by atoms with van der Waals surface area (Å²) in [5, 5.41) is 6.10. The molecule has 1 saturated carbocycles. The van der Waals surface area contributed by atoms with Crippen molar-refractivity contribution in [2.45, 2.75) is 75.4 Å². The molecule has 2 fully saturated rings. The average Bonchev–Trinajstić information content (AvgIpc) is 2.95. The van der Waals surface area contributed by atoms with Crippen molar-refractivity contribution in [3.05, 3.63) is 58.7 Å². The molecule has 5 rings (SSSR count). The number of rotatable bonds is 11. The van der Waals surface area contributed by atoms with Gasteiger partial charge in [-0.2, -0.15) is 4.98 Å². The number of sulfone groups is 1. The first-order valence-electron chi connectivity index (χ1n) is 15.0. The van der Waals surface area contributed by atoms with E-state index >= 15 is 0 Å². The molecule has 0 radical (unpaired) electrons. The smallest absolute Gasteiger partial charge is 0.229 e. The fourth-order valence-corrected chi connectivity index (χ4v) is 7.20. The van der Waals surface area contributed by atoms with Crippen LogP contribution in [-0.4, -0.2) is 55.3 Å². The number of ether oxygens (including phenoxy) is 1. The van der Waals surface area contributed by atoms with Crippen molar-refractivity contribution in [1.29, 1.82) is 0 Å². The maximum atomic E-state index is 12.9. The van der Waals surface area contributed by atoms with Crippen molar-refractivity contribution in [2.75, 3.05) is 37.4 Å². The van der Waals surface area contributed by atoms with Gasteiger partial charge in [0.25, 0.3) is 0 Å². The number of aryl methyl sites for hydroxylation is 1. The zero-order valence-electron chi connectivity index (χ0n) is 25.0. The number of para-hydroxylation sites is 1. The Balaban J connectivity index is 1.30. The summed E-state index contributed by atoms with van der Waals surface area (Å²) in [5.41, 5.74) is 3.70. The molecular weight excluding hydrogens is 570 g/mol. The van der Waals surface area contributed by atoms with E-state index in [9.17, 15) is 8.42 Å². The summed E-state index contributed by atoms with van der Waals surface area (Å²) in [6.45, 7) is 8.99. The van der Waals surface area contributed by atoms with Gasteiger partial charge in [0.1, 0.15) is 10.8 Å². The number of aromatic nitrogens is 2. The summed E-state index contributed by atoms with van der Waals surface area (Å²) in [5.74, 6) is 2.82. The van der Waals surface area contributed by atoms with E-state index < -0.39 is 15.1 Å². The maximum absolute atomic E-state index is 12.9. The molecule has 2 heterocycles. The van der Waals surface area contributed by atoms with Gasteiger partial charge in [-0.05, 0) is 107 Å². The highest BCUT2D eigenvalue weighted by atomic mass is 35.5. The van der Waals surface area contributed by atoms with Crippen molar-refractivity contribution >= 4 is 44.6 Å². The number of hydrogen-bond donors (Lipinski definition) is 2. The lowest BCUT2D eigenvalue weighted by Crippen LogP contribution is -2.35. The Labute approximate surface area is 255 Å². The van der Waals surface area contributed by atoms with Crippen LogP contribution < -0.4 is 15.4 Å². The van der Waals surface area contributed by atoms with Crippen LogP contribution in [-0.2, 0) is 9.84 Å². The number of methoxy groups -OCH3 is 1. The number of nitrogens with one attached hydrogen (secondary N) is 2. The van der Waals surface area contributed by atoms with Crippen molar-refractivity contribution in [3.63, 3.8) is 0 Å². The maximum Gasteiger partial charge on any atom is 0.229 e. The van der Waals surface area contributed by atoms with Gasteiger partial charge in [-0.1, -0.05) is 43.0 Å². The van der Waals surface area contributed by atoms with Crippen LogP contribution in [0.25, 0.3) is 0 Å². The zero-order valence-corrected chi connectivity index (χ0v) is 26.6. The highest BCUT2D eigenvalue weighted by Gasteiger charge is 2.26. The minimum absolute atomic E-state index is 0.196. The van der Waals surface area contributed by atoms with Crippen LogP contribution in [0.2, 0.25) is 5.02 Å². The zero-order chi connectivity index (χ0) is 29.9. The molecule has 2 N–H and O–H groups in total. The summed E-state index contributed by atoms with van der Waals surface area (Å²) in [7, 11) is -1.85. The Kier molecular flexibility index (Phi) is 9.60. The molecule has 1 saturated heterocycles. The van der Waals surface area contributed by atoms with Crippen LogP contribution in [0.4, 0.5) is 23.1 Å². The van der Waals surface area contributed by atoms with E-state index in [4.69, 9.17) is 16.3 Å². The van der Waals surface area contributed by atoms with E-state index in [0.717, 1.165) is 43.3 Å². The molecular formula is C32H42ClN5O3S. The largest absolute Gasteiger partial charge is 0.495 e. The molecule has 2 aliphatic rings. The van der Waals surface area contributed by atoms with Gasteiger partial charge >= 0.3 is 0 Å². The van der Waals surface area contributed by atoms with Gasteiger partial charge in [0, 0.05) is 0 Å². The predicted molar refractivity (Wildman–Crippen MR) is 170 cm³/mol. The monoisotopic (exact) mass is 611 g/mol. The van der Waals surface area contributed by atoms with E-state index in [-0.39, 0.29) is 9.92 Å². The molecule has 1 aliphatic heterocycles. The van der Waals surface area contributed by atoms with Crippen LogP contribution in [0, 0.1) is 12.8 Å². The van der Waals surface area contributed by atoms with Gasteiger partial charge in [0.15, 0.2) is 15.7 Å². The predicted octanol–water partition coefficient (Wildman–Crippen LogP) is 7.49. The first-order valence-corrected chi connectivity index (χ1v) is 16.9. The minimum atomic E-state index is -3.52. The van der Waals surface area contributed by atoms with Gasteiger partial charge < -0.3 is 20.3 Å². The highest BCUT2D eigenvalue weighted by Crippen LogP contribution is 2.38. The van der Waals surface area contributed by atoms with Crippen molar-refractivity contribution < 1.29 is 13.2 Å². The van der Waals surface area contributed by atoms with Crippen molar-refractivity contribution in [2.24, 2.45) is 5.92 Å². The van der Waals surface area contributed by atoms with Gasteiger partial charge in [-0.25, -0.2) is 13.4 Å². The number of halogens is 1. The van der Waals surface area contributed by atoms with Crippen LogP contribution >= 0.6 is 11.6 Å². The van der Waals surface area contributed by atoms with E-state index in [1.54, 1.807) is 45.2 Å². The second-order valence-corrected chi connectivity index (χ2v) is 14.7. The van der Waals surface area contributed by atoms with E-state index in [1.807, 2.05) is 0 Å². The van der Waals surface area contributed by atoms with E-state index in [2.05, 4.69) is 44.6 Å². The van der Waals surface area contributed by atoms with Crippen molar-refractivity contribution in [1.82, 2.24) is 14.9 Å². The quantitative estimate of drug-likeness (QED) is 0.230. The van der Waals surface area contributed by atoms with Crippen LogP contribution in [0.1, 0.15) is 69.4 Å². The SMILES string of the molecule is COc1cc(C2CCN(CCC3CCC3)CC2)c(C)cc1Nc1ncc(Cl)c(Nc2ccccc2S(=O)(=O)C(C)C)n1. The fourth-order valence-electron chi connectivity index (χ4n) is 5.86. The average molecular weight is 612 g/mol. The number of nitrogens with zero attached hydrogens (tertiary/aromatic N) is 3. The standard InChI is InChI=1S/C32H42ClN5O3S/c1-21(2)42(39,40)30-11-6-5-10-27(30)35-31-26(33)20-34-32(37-31)36-28-18-22(3)25(19-29(28)41-4)24-13-16-38(17-14-24)15-12-23-8-7-9-23/h5-6,10-11,18-21,23-24H,7-9,12-17H2,1-4H3,(H2,34,35,36,37). The van der Waals surface area contributed by atoms with Gasteiger partial charge in [0.05, 0.1) is 34.8 Å². The van der Waals surface area contributed by atoms with Gasteiger partial charge in [-0.15, -0.1) is 0 Å². The van der Waals surface area contributed by atoms with E-state index in [1.165, 1.54) is 49.6 Å². The first kappa shape index (κ1) is 30.6. The molecule has 0 amide bonds. The Morgan fingerprint density at radius 3 is 2.48 bits per heavy atom. The fraction of sp³-hybridized carbons (Fsp3) is 0.500. The summed E-state index contributed by atoms with van der Waals surface area (Å²) in [6, 6.07) is 11.0. The topological polar surface area (TPSA) is 96.5 Å². The van der Waals surface area contributed by atoms with Crippen LogP contribution in [0.15, 0.2) is 47.5 Å².